The molecule has 0 spiro atoms. The maximum Gasteiger partial charge on any atom is 0.308 e. The minimum atomic E-state index is -0.368. The van der Waals surface area contributed by atoms with Crippen LogP contribution >= 0.6 is 0 Å². The average molecular weight is 370 g/mol. The molecule has 28 heavy (non-hydrogen) atoms. The van der Waals surface area contributed by atoms with Crippen LogP contribution in [0.1, 0.15) is 23.6 Å². The molecule has 0 amide bonds. The number of ether oxygens (including phenoxy) is 2. The van der Waals surface area contributed by atoms with Gasteiger partial charge in [0.2, 0.25) is 0 Å². The smallest absolute Gasteiger partial charge is 0.308 e. The Labute approximate surface area is 165 Å². The highest BCUT2D eigenvalue weighted by atomic mass is 16.5. The van der Waals surface area contributed by atoms with Crippen LogP contribution in [0.2, 0.25) is 0 Å². The number of hydrogen-bond acceptors (Lipinski definition) is 3. The molecule has 0 N–H and O–H groups in total. The Morgan fingerprint density at radius 1 is 0.786 bits per heavy atom. The summed E-state index contributed by atoms with van der Waals surface area (Å²) in [4.78, 5) is 11.9. The van der Waals surface area contributed by atoms with Crippen LogP contribution in [0.15, 0.2) is 91.0 Å². The summed E-state index contributed by atoms with van der Waals surface area (Å²) in [5, 5.41) is 0. The Bertz CT molecular complexity index is 969. The molecule has 0 saturated carbocycles. The number of rotatable bonds is 6. The van der Waals surface area contributed by atoms with E-state index in [1.807, 2.05) is 97.1 Å². The third-order valence-corrected chi connectivity index (χ3v) is 4.17. The molecule has 0 fully saturated rings. The summed E-state index contributed by atoms with van der Waals surface area (Å²) in [6, 6.07) is 27.4. The second kappa shape index (κ2) is 9.38. The topological polar surface area (TPSA) is 35.5 Å². The highest BCUT2D eigenvalue weighted by Gasteiger charge is 2.14. The van der Waals surface area contributed by atoms with Crippen molar-refractivity contribution in [3.63, 3.8) is 0 Å². The first kappa shape index (κ1) is 19.2. The number of carbonyl (C=O) groups is 1. The third-order valence-electron chi connectivity index (χ3n) is 4.17. The summed E-state index contributed by atoms with van der Waals surface area (Å²) in [5.74, 6) is 0.882. The van der Waals surface area contributed by atoms with Crippen LogP contribution in [-0.2, 0) is 9.53 Å². The summed E-state index contributed by atoms with van der Waals surface area (Å²) in [7, 11) is 1.62. The van der Waals surface area contributed by atoms with Crippen molar-refractivity contribution in [1.29, 1.82) is 0 Å². The SMILES string of the molecule is COc1ccc(/C(OC(C)=O)=C(/C=C/c2ccccc2)c2ccccc2)cc1. The predicted octanol–water partition coefficient (Wildman–Crippen LogP) is 5.84. The average Bonchev–Trinajstić information content (AvgIpc) is 2.74. The molecule has 0 heterocycles. The zero-order valence-corrected chi connectivity index (χ0v) is 16.0. The Morgan fingerprint density at radius 2 is 1.39 bits per heavy atom. The summed E-state index contributed by atoms with van der Waals surface area (Å²) < 4.78 is 10.9. The maximum absolute atomic E-state index is 11.9. The van der Waals surface area contributed by atoms with E-state index in [2.05, 4.69) is 0 Å². The Hall–Kier alpha value is -3.59. The van der Waals surface area contributed by atoms with E-state index in [1.165, 1.54) is 6.92 Å². The van der Waals surface area contributed by atoms with Gasteiger partial charge in [-0.3, -0.25) is 4.79 Å². The highest BCUT2D eigenvalue weighted by Crippen LogP contribution is 2.30. The van der Waals surface area contributed by atoms with Crippen molar-refractivity contribution >= 4 is 23.4 Å². The summed E-state index contributed by atoms with van der Waals surface area (Å²) in [6.45, 7) is 1.41. The van der Waals surface area contributed by atoms with E-state index in [1.54, 1.807) is 7.11 Å². The largest absolute Gasteiger partial charge is 0.497 e. The fraction of sp³-hybridized carbons (Fsp3) is 0.0800. The van der Waals surface area contributed by atoms with Crippen molar-refractivity contribution in [2.24, 2.45) is 0 Å². The van der Waals surface area contributed by atoms with Crippen molar-refractivity contribution in [3.05, 3.63) is 108 Å². The first-order chi connectivity index (χ1) is 13.7. The number of carbonyl (C=O) groups excluding carboxylic acids is 1. The van der Waals surface area contributed by atoms with E-state index in [0.29, 0.717) is 5.76 Å². The molecule has 3 aromatic rings. The molecule has 0 aliphatic rings. The molecular weight excluding hydrogens is 348 g/mol. The standard InChI is InChI=1S/C25H22O3/c1-19(26)28-25(22-14-16-23(27-2)17-15-22)24(21-11-7-4-8-12-21)18-13-20-9-5-3-6-10-20/h3-18H,1-2H3/b18-13+,25-24+. The number of allylic oxidation sites excluding steroid dienone is 2. The fourth-order valence-corrected chi connectivity index (χ4v) is 2.82. The van der Waals surface area contributed by atoms with E-state index < -0.39 is 0 Å². The third kappa shape index (κ3) is 4.98. The van der Waals surface area contributed by atoms with Gasteiger partial charge in [-0.05, 0) is 35.4 Å². The molecule has 3 rings (SSSR count). The van der Waals surface area contributed by atoms with Crippen molar-refractivity contribution < 1.29 is 14.3 Å². The normalized spacial score (nSPS) is 11.8. The van der Waals surface area contributed by atoms with Crippen molar-refractivity contribution in [3.8, 4) is 5.75 Å². The van der Waals surface area contributed by atoms with Gasteiger partial charge in [0.05, 0.1) is 7.11 Å². The number of methoxy groups -OCH3 is 1. The van der Waals surface area contributed by atoms with Crippen LogP contribution in [0.25, 0.3) is 17.4 Å². The van der Waals surface area contributed by atoms with Gasteiger partial charge in [-0.15, -0.1) is 0 Å². The number of esters is 1. The van der Waals surface area contributed by atoms with E-state index in [-0.39, 0.29) is 5.97 Å². The van der Waals surface area contributed by atoms with Gasteiger partial charge in [0.1, 0.15) is 11.5 Å². The summed E-state index contributed by atoms with van der Waals surface area (Å²) in [5.41, 5.74) is 3.65. The first-order valence-corrected chi connectivity index (χ1v) is 9.03. The molecule has 3 aromatic carbocycles. The van der Waals surface area contributed by atoms with Gasteiger partial charge in [0.25, 0.3) is 0 Å². The van der Waals surface area contributed by atoms with E-state index in [0.717, 1.165) is 28.0 Å². The summed E-state index contributed by atoms with van der Waals surface area (Å²) in [6.07, 6.45) is 3.99. The van der Waals surface area contributed by atoms with Gasteiger partial charge in [-0.25, -0.2) is 0 Å². The van der Waals surface area contributed by atoms with E-state index >= 15 is 0 Å². The van der Waals surface area contributed by atoms with Crippen LogP contribution < -0.4 is 4.74 Å². The van der Waals surface area contributed by atoms with Crippen molar-refractivity contribution in [1.82, 2.24) is 0 Å². The predicted molar refractivity (Wildman–Crippen MR) is 113 cm³/mol. The molecular formula is C25H22O3. The zero-order chi connectivity index (χ0) is 19.8. The molecule has 0 radical (unpaired) electrons. The minimum absolute atomic E-state index is 0.368. The van der Waals surface area contributed by atoms with Crippen LogP contribution in [0.3, 0.4) is 0 Å². The van der Waals surface area contributed by atoms with E-state index in [4.69, 9.17) is 9.47 Å². The Morgan fingerprint density at radius 3 is 1.96 bits per heavy atom. The maximum atomic E-state index is 11.9. The number of hydrogen-bond donors (Lipinski definition) is 0. The second-order valence-electron chi connectivity index (χ2n) is 6.17. The molecule has 0 aliphatic carbocycles. The van der Waals surface area contributed by atoms with Crippen molar-refractivity contribution in [2.45, 2.75) is 6.92 Å². The number of benzene rings is 3. The van der Waals surface area contributed by atoms with Gasteiger partial charge < -0.3 is 9.47 Å². The van der Waals surface area contributed by atoms with Gasteiger partial charge in [-0.1, -0.05) is 72.8 Å². The lowest BCUT2D eigenvalue weighted by Crippen LogP contribution is -2.01. The van der Waals surface area contributed by atoms with Gasteiger partial charge in [0, 0.05) is 18.1 Å². The molecule has 3 heteroatoms. The monoisotopic (exact) mass is 370 g/mol. The fourth-order valence-electron chi connectivity index (χ4n) is 2.82. The first-order valence-electron chi connectivity index (χ1n) is 9.03. The van der Waals surface area contributed by atoms with Crippen LogP contribution in [0.5, 0.6) is 5.75 Å². The quantitative estimate of drug-likeness (QED) is 0.237. The summed E-state index contributed by atoms with van der Waals surface area (Å²) >= 11 is 0. The Balaban J connectivity index is 2.16. The molecule has 0 bridgehead atoms. The zero-order valence-electron chi connectivity index (χ0n) is 16.0. The van der Waals surface area contributed by atoms with Crippen LogP contribution in [0.4, 0.5) is 0 Å². The molecule has 0 aromatic heterocycles. The molecule has 0 atom stereocenters. The minimum Gasteiger partial charge on any atom is -0.497 e. The van der Waals surface area contributed by atoms with Gasteiger partial charge >= 0.3 is 5.97 Å². The van der Waals surface area contributed by atoms with E-state index in [9.17, 15) is 4.79 Å². The lowest BCUT2D eigenvalue weighted by atomic mass is 9.99. The van der Waals surface area contributed by atoms with Gasteiger partial charge in [0.15, 0.2) is 0 Å². The second-order valence-corrected chi connectivity index (χ2v) is 6.17. The van der Waals surface area contributed by atoms with Crippen molar-refractivity contribution in [2.75, 3.05) is 7.11 Å². The molecule has 140 valence electrons. The molecule has 0 saturated heterocycles. The molecule has 0 aliphatic heterocycles. The lowest BCUT2D eigenvalue weighted by Gasteiger charge is -2.14. The van der Waals surface area contributed by atoms with Gasteiger partial charge in [-0.2, -0.15) is 0 Å². The molecule has 3 nitrogen and oxygen atoms in total. The van der Waals surface area contributed by atoms with Crippen LogP contribution in [0, 0.1) is 0 Å². The van der Waals surface area contributed by atoms with Crippen LogP contribution in [-0.4, -0.2) is 13.1 Å². The lowest BCUT2D eigenvalue weighted by molar-refractivity contribution is -0.134. The molecule has 0 unspecified atom stereocenters. The highest BCUT2D eigenvalue weighted by molar-refractivity contribution is 5.97. The Kier molecular flexibility index (Phi) is 6.42.